The van der Waals surface area contributed by atoms with Crippen LogP contribution in [0, 0.1) is 0 Å². The number of carbonyl (C=O) groups is 2. The molecule has 73 heavy (non-hydrogen) atoms. The second-order valence-corrected chi connectivity index (χ2v) is 22.1. The van der Waals surface area contributed by atoms with Crippen molar-refractivity contribution in [2.24, 2.45) is 0 Å². The molecule has 0 bridgehead atoms. The smallest absolute Gasteiger partial charge is 0.305 e. The Morgan fingerprint density at radius 1 is 0.384 bits per heavy atom. The van der Waals surface area contributed by atoms with Crippen LogP contribution in [0.1, 0.15) is 341 Å². The number of aliphatic hydroxyl groups excluding tert-OH is 2. The monoisotopic (exact) mass is 1020 g/mol. The van der Waals surface area contributed by atoms with Gasteiger partial charge in [0, 0.05) is 12.8 Å². The van der Waals surface area contributed by atoms with Crippen molar-refractivity contribution in [3.63, 3.8) is 0 Å². The van der Waals surface area contributed by atoms with E-state index in [0.717, 1.165) is 51.4 Å². The van der Waals surface area contributed by atoms with Crippen LogP contribution in [0.2, 0.25) is 0 Å². The summed E-state index contributed by atoms with van der Waals surface area (Å²) in [5.74, 6) is -0.0658. The first-order valence-electron chi connectivity index (χ1n) is 32.4. The maximum absolute atomic E-state index is 12.4. The summed E-state index contributed by atoms with van der Waals surface area (Å²) in [5.41, 5.74) is 0. The number of amides is 1. The summed E-state index contributed by atoms with van der Waals surface area (Å²) in [6.07, 6.45) is 80.3. The Kier molecular flexibility index (Phi) is 60.5. The van der Waals surface area contributed by atoms with Crippen LogP contribution >= 0.6 is 0 Å². The largest absolute Gasteiger partial charge is 0.466 e. The molecule has 0 aliphatic heterocycles. The first-order chi connectivity index (χ1) is 36.0. The van der Waals surface area contributed by atoms with Gasteiger partial charge in [-0.3, -0.25) is 9.59 Å². The topological polar surface area (TPSA) is 95.9 Å². The number of rotatable bonds is 60. The van der Waals surface area contributed by atoms with Crippen molar-refractivity contribution in [3.8, 4) is 0 Å². The van der Waals surface area contributed by atoms with Gasteiger partial charge in [0.1, 0.15) is 0 Å². The van der Waals surface area contributed by atoms with Crippen LogP contribution in [-0.4, -0.2) is 47.4 Å². The fourth-order valence-electron chi connectivity index (χ4n) is 9.84. The Labute approximate surface area is 455 Å². The SMILES string of the molecule is CCCCCC/C=C\C/C=C\CCCCCCCC(=O)OCCCCCCCCCCCCCC/C=C\CCCCCCCCCCCCCCCC(=O)NC(CO)C(O)/C=C/CCCCCCCCCCC. The lowest BCUT2D eigenvalue weighted by molar-refractivity contribution is -0.143. The molecule has 1 amide bonds. The van der Waals surface area contributed by atoms with E-state index in [0.29, 0.717) is 19.4 Å². The van der Waals surface area contributed by atoms with E-state index < -0.39 is 12.1 Å². The maximum Gasteiger partial charge on any atom is 0.305 e. The average molecular weight is 1020 g/mol. The van der Waals surface area contributed by atoms with Gasteiger partial charge in [-0.15, -0.1) is 0 Å². The van der Waals surface area contributed by atoms with Crippen LogP contribution in [0.25, 0.3) is 0 Å². The highest BCUT2D eigenvalue weighted by atomic mass is 16.5. The van der Waals surface area contributed by atoms with Crippen LogP contribution in [-0.2, 0) is 14.3 Å². The Hall–Kier alpha value is -2.18. The molecule has 0 aromatic heterocycles. The molecule has 0 radical (unpaired) electrons. The molecule has 0 saturated heterocycles. The molecule has 0 spiro atoms. The highest BCUT2D eigenvalue weighted by Gasteiger charge is 2.18. The third-order valence-corrected chi connectivity index (χ3v) is 14.8. The summed E-state index contributed by atoms with van der Waals surface area (Å²) < 4.78 is 5.48. The average Bonchev–Trinajstić information content (AvgIpc) is 3.39. The predicted octanol–water partition coefficient (Wildman–Crippen LogP) is 20.5. The van der Waals surface area contributed by atoms with Crippen molar-refractivity contribution in [2.45, 2.75) is 353 Å². The summed E-state index contributed by atoms with van der Waals surface area (Å²) >= 11 is 0. The van der Waals surface area contributed by atoms with Crippen molar-refractivity contribution < 1.29 is 24.5 Å². The number of nitrogens with one attached hydrogen (secondary N) is 1. The van der Waals surface area contributed by atoms with Crippen molar-refractivity contribution >= 4 is 11.9 Å². The van der Waals surface area contributed by atoms with E-state index in [1.807, 2.05) is 6.08 Å². The molecule has 0 aromatic carbocycles. The van der Waals surface area contributed by atoms with Gasteiger partial charge < -0.3 is 20.3 Å². The summed E-state index contributed by atoms with van der Waals surface area (Å²) in [4.78, 5) is 24.5. The number of hydrogen-bond acceptors (Lipinski definition) is 5. The molecule has 428 valence electrons. The van der Waals surface area contributed by atoms with Crippen LogP contribution in [0.4, 0.5) is 0 Å². The standard InChI is InChI=1S/C67H125NO5/c1-3-5-7-9-11-13-15-16-17-34-37-41-45-49-53-57-61-67(72)73-62-58-54-50-46-42-38-35-32-30-28-26-24-22-20-18-19-21-23-25-27-29-31-33-36-40-44-48-52-56-60-66(71)68-64(63-69)65(70)59-55-51-47-43-39-14-12-10-8-6-4-2/h13,15,17-18,20,34,55,59,64-65,69-70H,3-12,14,16,19,21-33,35-54,56-58,60-63H2,1-2H3,(H,68,71)/b15-13-,20-18-,34-17-,59-55+. The highest BCUT2D eigenvalue weighted by Crippen LogP contribution is 2.17. The molecule has 2 unspecified atom stereocenters. The third-order valence-electron chi connectivity index (χ3n) is 14.8. The number of allylic oxidation sites excluding steroid dienone is 7. The number of esters is 1. The van der Waals surface area contributed by atoms with E-state index in [9.17, 15) is 19.8 Å². The molecule has 2 atom stereocenters. The van der Waals surface area contributed by atoms with Crippen LogP contribution in [0.3, 0.4) is 0 Å². The number of ether oxygens (including phenoxy) is 1. The Balaban J connectivity index is 3.37. The number of carbonyl (C=O) groups excluding carboxylic acids is 2. The minimum atomic E-state index is -0.843. The zero-order valence-corrected chi connectivity index (χ0v) is 48.9. The molecule has 0 aliphatic carbocycles. The zero-order valence-electron chi connectivity index (χ0n) is 48.9. The lowest BCUT2D eigenvalue weighted by Crippen LogP contribution is -2.45. The molecule has 0 fully saturated rings. The molecule has 6 heteroatoms. The van der Waals surface area contributed by atoms with Crippen molar-refractivity contribution in [2.75, 3.05) is 13.2 Å². The first-order valence-corrected chi connectivity index (χ1v) is 32.4. The van der Waals surface area contributed by atoms with E-state index in [-0.39, 0.29) is 18.5 Å². The fourth-order valence-corrected chi connectivity index (χ4v) is 9.84. The molecule has 0 aliphatic rings. The normalized spacial score (nSPS) is 12.9. The lowest BCUT2D eigenvalue weighted by atomic mass is 10.0. The van der Waals surface area contributed by atoms with Gasteiger partial charge in [0.05, 0.1) is 25.4 Å². The van der Waals surface area contributed by atoms with Crippen molar-refractivity contribution in [1.82, 2.24) is 5.32 Å². The summed E-state index contributed by atoms with van der Waals surface area (Å²) in [7, 11) is 0. The van der Waals surface area contributed by atoms with Crippen molar-refractivity contribution in [3.05, 3.63) is 48.6 Å². The van der Waals surface area contributed by atoms with Gasteiger partial charge in [-0.05, 0) is 89.9 Å². The number of hydrogen-bond donors (Lipinski definition) is 3. The molecule has 3 N–H and O–H groups in total. The summed E-state index contributed by atoms with van der Waals surface area (Å²) in [6, 6.07) is -0.626. The van der Waals surface area contributed by atoms with Crippen LogP contribution < -0.4 is 5.32 Å². The Morgan fingerprint density at radius 2 is 0.685 bits per heavy atom. The minimum Gasteiger partial charge on any atom is -0.466 e. The number of unbranched alkanes of at least 4 members (excludes halogenated alkanes) is 43. The molecule has 0 aromatic rings. The second kappa shape index (κ2) is 62.4. The van der Waals surface area contributed by atoms with Gasteiger partial charge in [-0.25, -0.2) is 0 Å². The Morgan fingerprint density at radius 3 is 1.07 bits per heavy atom. The van der Waals surface area contributed by atoms with E-state index in [2.05, 4.69) is 55.6 Å². The zero-order chi connectivity index (χ0) is 52.9. The van der Waals surface area contributed by atoms with Crippen LogP contribution in [0.5, 0.6) is 0 Å². The van der Waals surface area contributed by atoms with Gasteiger partial charge in [0.25, 0.3) is 0 Å². The Bertz CT molecular complexity index is 1230. The van der Waals surface area contributed by atoms with E-state index in [1.165, 1.54) is 263 Å². The number of aliphatic hydroxyl groups is 2. The van der Waals surface area contributed by atoms with E-state index in [4.69, 9.17) is 4.74 Å². The molecule has 0 saturated carbocycles. The molecule has 0 rings (SSSR count). The van der Waals surface area contributed by atoms with Gasteiger partial charge in [0.15, 0.2) is 0 Å². The van der Waals surface area contributed by atoms with Gasteiger partial charge >= 0.3 is 5.97 Å². The molecular formula is C67H125NO5. The molecular weight excluding hydrogens is 899 g/mol. The lowest BCUT2D eigenvalue weighted by Gasteiger charge is -2.20. The van der Waals surface area contributed by atoms with Crippen LogP contribution in [0.15, 0.2) is 48.6 Å². The fraction of sp³-hybridized carbons (Fsp3) is 0.851. The molecule has 0 heterocycles. The second-order valence-electron chi connectivity index (χ2n) is 22.1. The first kappa shape index (κ1) is 70.8. The van der Waals surface area contributed by atoms with E-state index in [1.54, 1.807) is 6.08 Å². The van der Waals surface area contributed by atoms with Gasteiger partial charge in [-0.1, -0.05) is 287 Å². The van der Waals surface area contributed by atoms with E-state index >= 15 is 0 Å². The highest BCUT2D eigenvalue weighted by molar-refractivity contribution is 5.76. The maximum atomic E-state index is 12.4. The van der Waals surface area contributed by atoms with Gasteiger partial charge in [0.2, 0.25) is 5.91 Å². The van der Waals surface area contributed by atoms with Gasteiger partial charge in [-0.2, -0.15) is 0 Å². The summed E-state index contributed by atoms with van der Waals surface area (Å²) in [5, 5.41) is 23.0. The van der Waals surface area contributed by atoms with Crippen molar-refractivity contribution in [1.29, 1.82) is 0 Å². The predicted molar refractivity (Wildman–Crippen MR) is 319 cm³/mol. The summed E-state index contributed by atoms with van der Waals surface area (Å²) in [6.45, 7) is 4.88. The molecule has 6 nitrogen and oxygen atoms in total. The minimum absolute atomic E-state index is 0.00239. The third kappa shape index (κ3) is 58.9. The quantitative estimate of drug-likeness (QED) is 0.0320.